The van der Waals surface area contributed by atoms with Gasteiger partial charge in [-0.2, -0.15) is 0 Å². The highest BCUT2D eigenvalue weighted by atomic mass is 16.6. The molecule has 6 heteroatoms. The molecule has 132 valence electrons. The van der Waals surface area contributed by atoms with Crippen molar-refractivity contribution >= 4 is 12.2 Å². The third-order valence-electron chi connectivity index (χ3n) is 6.83. The van der Waals surface area contributed by atoms with Gasteiger partial charge < -0.3 is 19.2 Å². The van der Waals surface area contributed by atoms with Crippen LogP contribution in [-0.2, 0) is 19.1 Å². The van der Waals surface area contributed by atoms with Crippen molar-refractivity contribution < 1.29 is 19.1 Å². The minimum absolute atomic E-state index is 0.0898. The summed E-state index contributed by atoms with van der Waals surface area (Å²) in [4.78, 5) is 19.8. The molecule has 0 aromatic carbocycles. The molecule has 2 aliphatic heterocycles. The number of nitrogens with zero attached hydrogens (tertiary/aromatic N) is 2. The van der Waals surface area contributed by atoms with Crippen LogP contribution in [-0.4, -0.2) is 49.9 Å². The first-order chi connectivity index (χ1) is 12.2. The van der Waals surface area contributed by atoms with Gasteiger partial charge in [0.2, 0.25) is 6.40 Å². The number of ether oxygens (including phenoxy) is 2. The molecule has 6 nitrogen and oxygen atoms in total. The predicted octanol–water partition coefficient (Wildman–Crippen LogP) is 1.85. The Kier molecular flexibility index (Phi) is 3.17. The van der Waals surface area contributed by atoms with Gasteiger partial charge >= 0.3 is 0 Å². The monoisotopic (exact) mass is 342 g/mol. The quantitative estimate of drug-likeness (QED) is 0.445. The Hall–Kier alpha value is -2.08. The summed E-state index contributed by atoms with van der Waals surface area (Å²) < 4.78 is 11.9. The number of carbonyl (C=O) groups is 1. The molecule has 0 radical (unpaired) electrons. The lowest BCUT2D eigenvalue weighted by Crippen LogP contribution is -2.64. The van der Waals surface area contributed by atoms with Crippen molar-refractivity contribution in [3.05, 3.63) is 35.8 Å². The molecule has 2 heterocycles. The van der Waals surface area contributed by atoms with Gasteiger partial charge in [0.1, 0.15) is 12.9 Å². The largest absolute Gasteiger partial charge is 0.482 e. The molecule has 2 saturated heterocycles. The van der Waals surface area contributed by atoms with Crippen molar-refractivity contribution in [3.63, 3.8) is 0 Å². The molecule has 0 aromatic heterocycles. The first-order valence-corrected chi connectivity index (χ1v) is 8.90. The van der Waals surface area contributed by atoms with Crippen molar-refractivity contribution in [2.75, 3.05) is 20.7 Å². The van der Waals surface area contributed by atoms with Crippen LogP contribution in [0.15, 0.2) is 41.0 Å². The van der Waals surface area contributed by atoms with E-state index in [1.807, 2.05) is 6.08 Å². The SMILES string of the molecule is CON=COC1=C2O[C@H]3C(=O)C=C[C@H]4[C@H]5CC(C=C1)C2[C@@]34CCN5C. The van der Waals surface area contributed by atoms with Gasteiger partial charge in [-0.3, -0.25) is 4.79 Å². The van der Waals surface area contributed by atoms with Gasteiger partial charge in [0.15, 0.2) is 17.6 Å². The molecule has 0 amide bonds. The topological polar surface area (TPSA) is 60.4 Å². The Labute approximate surface area is 146 Å². The zero-order chi connectivity index (χ0) is 17.2. The molecular formula is C19H22N2O4. The maximum absolute atomic E-state index is 12.7. The Balaban J connectivity index is 1.63. The smallest absolute Gasteiger partial charge is 0.218 e. The lowest BCUT2D eigenvalue weighted by atomic mass is 9.48. The van der Waals surface area contributed by atoms with Crippen LogP contribution >= 0.6 is 0 Å². The lowest BCUT2D eigenvalue weighted by molar-refractivity contribution is -0.140. The van der Waals surface area contributed by atoms with Gasteiger partial charge in [0.05, 0.1) is 0 Å². The summed E-state index contributed by atoms with van der Waals surface area (Å²) in [5.41, 5.74) is -0.140. The van der Waals surface area contributed by atoms with Crippen LogP contribution in [0.1, 0.15) is 12.8 Å². The number of rotatable bonds is 3. The van der Waals surface area contributed by atoms with E-state index in [-0.39, 0.29) is 23.2 Å². The summed E-state index contributed by atoms with van der Waals surface area (Å²) in [6.07, 6.45) is 11.0. The van der Waals surface area contributed by atoms with E-state index in [1.54, 1.807) is 6.08 Å². The molecule has 2 unspecified atom stereocenters. The van der Waals surface area contributed by atoms with E-state index in [4.69, 9.17) is 9.47 Å². The van der Waals surface area contributed by atoms with Crippen molar-refractivity contribution in [1.82, 2.24) is 4.90 Å². The van der Waals surface area contributed by atoms with E-state index in [0.717, 1.165) is 25.1 Å². The lowest BCUT2D eigenvalue weighted by Gasteiger charge is -2.59. The molecule has 2 bridgehead atoms. The number of oxime groups is 1. The van der Waals surface area contributed by atoms with E-state index < -0.39 is 0 Å². The van der Waals surface area contributed by atoms with Gasteiger partial charge in [0, 0.05) is 23.3 Å². The molecule has 1 saturated carbocycles. The van der Waals surface area contributed by atoms with Gasteiger partial charge in [-0.05, 0) is 44.5 Å². The Morgan fingerprint density at radius 2 is 2.28 bits per heavy atom. The first kappa shape index (κ1) is 15.2. The maximum atomic E-state index is 12.7. The van der Waals surface area contributed by atoms with Crippen LogP contribution in [0.4, 0.5) is 0 Å². The van der Waals surface area contributed by atoms with Crippen LogP contribution in [0.2, 0.25) is 0 Å². The second-order valence-electron chi connectivity index (χ2n) is 7.67. The molecule has 25 heavy (non-hydrogen) atoms. The number of carbonyl (C=O) groups excluding carboxylic acids is 1. The summed E-state index contributed by atoms with van der Waals surface area (Å²) >= 11 is 0. The third kappa shape index (κ3) is 1.83. The number of allylic oxidation sites excluding steroid dienone is 3. The van der Waals surface area contributed by atoms with Crippen molar-refractivity contribution in [3.8, 4) is 0 Å². The zero-order valence-corrected chi connectivity index (χ0v) is 14.4. The van der Waals surface area contributed by atoms with Crippen LogP contribution in [0, 0.1) is 23.2 Å². The molecule has 6 atom stereocenters. The minimum Gasteiger partial charge on any atom is -0.482 e. The van der Waals surface area contributed by atoms with E-state index >= 15 is 0 Å². The molecule has 3 aliphatic carbocycles. The molecule has 0 aromatic rings. The van der Waals surface area contributed by atoms with Crippen molar-refractivity contribution in [2.24, 2.45) is 28.3 Å². The third-order valence-corrected chi connectivity index (χ3v) is 6.83. The van der Waals surface area contributed by atoms with E-state index in [2.05, 4.69) is 34.1 Å². The summed E-state index contributed by atoms with van der Waals surface area (Å²) in [6.45, 7) is 1.00. The zero-order valence-electron chi connectivity index (χ0n) is 14.4. The van der Waals surface area contributed by atoms with Gasteiger partial charge in [-0.1, -0.05) is 17.3 Å². The Morgan fingerprint density at radius 3 is 3.12 bits per heavy atom. The number of hydrogen-bond acceptors (Lipinski definition) is 6. The molecule has 5 rings (SSSR count). The number of likely N-dealkylation sites (tertiary alicyclic amines) is 1. The fraction of sp³-hybridized carbons (Fsp3) is 0.579. The van der Waals surface area contributed by atoms with Crippen LogP contribution in [0.3, 0.4) is 0 Å². The second kappa shape index (κ2) is 5.21. The normalized spacial score (nSPS) is 44.1. The van der Waals surface area contributed by atoms with E-state index in [0.29, 0.717) is 23.6 Å². The number of piperidine rings is 1. The van der Waals surface area contributed by atoms with Gasteiger partial charge in [0.25, 0.3) is 0 Å². The highest BCUT2D eigenvalue weighted by molar-refractivity contribution is 5.96. The molecule has 1 spiro atoms. The highest BCUT2D eigenvalue weighted by Crippen LogP contribution is 2.66. The highest BCUT2D eigenvalue weighted by Gasteiger charge is 2.69. The maximum Gasteiger partial charge on any atom is 0.218 e. The molecule has 5 aliphatic rings. The fourth-order valence-electron chi connectivity index (χ4n) is 5.88. The van der Waals surface area contributed by atoms with Crippen LogP contribution < -0.4 is 0 Å². The average Bonchev–Trinajstić information content (AvgIpc) is 2.96. The summed E-state index contributed by atoms with van der Waals surface area (Å²) in [6, 6.07) is 0.465. The predicted molar refractivity (Wildman–Crippen MR) is 90.3 cm³/mol. The van der Waals surface area contributed by atoms with Crippen molar-refractivity contribution in [2.45, 2.75) is 25.0 Å². The van der Waals surface area contributed by atoms with Crippen LogP contribution in [0.5, 0.6) is 0 Å². The van der Waals surface area contributed by atoms with Gasteiger partial charge in [-0.15, -0.1) is 0 Å². The fourth-order valence-corrected chi connectivity index (χ4v) is 5.88. The standard InChI is InChI=1S/C19H22N2O4/c1-21-8-7-19-12-4-5-14(22)18(19)25-17-15(24-10-20-23-2)6-3-11(16(17)19)9-13(12)21/h3-6,10-13,16,18H,7-9H2,1-2H3/t11?,12-,13+,16?,18-,19-/m0/s1. The number of ketones is 1. The molecular weight excluding hydrogens is 320 g/mol. The van der Waals surface area contributed by atoms with Gasteiger partial charge in [-0.25, -0.2) is 0 Å². The minimum atomic E-state index is -0.389. The summed E-state index contributed by atoms with van der Waals surface area (Å²) in [7, 11) is 3.67. The number of hydrogen-bond donors (Lipinski definition) is 0. The summed E-state index contributed by atoms with van der Waals surface area (Å²) in [5, 5.41) is 3.65. The Bertz CT molecular complexity index is 740. The molecule has 3 fully saturated rings. The molecule has 0 N–H and O–H groups in total. The average molecular weight is 342 g/mol. The Morgan fingerprint density at radius 1 is 1.40 bits per heavy atom. The first-order valence-electron chi connectivity index (χ1n) is 8.90. The van der Waals surface area contributed by atoms with Crippen molar-refractivity contribution in [1.29, 1.82) is 0 Å². The second-order valence-corrected chi connectivity index (χ2v) is 7.67. The summed E-state index contributed by atoms with van der Waals surface area (Å²) in [5.74, 6) is 2.51. The van der Waals surface area contributed by atoms with E-state index in [1.165, 1.54) is 13.5 Å². The van der Waals surface area contributed by atoms with E-state index in [9.17, 15) is 4.79 Å². The van der Waals surface area contributed by atoms with Crippen LogP contribution in [0.25, 0.3) is 0 Å².